The van der Waals surface area contributed by atoms with Gasteiger partial charge in [0, 0.05) is 25.8 Å². The molecule has 0 amide bonds. The highest BCUT2D eigenvalue weighted by Gasteiger charge is 2.11. The van der Waals surface area contributed by atoms with E-state index in [4.69, 9.17) is 0 Å². The molecule has 0 saturated carbocycles. The number of anilines is 1. The minimum absolute atomic E-state index is 0.155. The number of nitrogens with one attached hydrogen (secondary N) is 1. The second kappa shape index (κ2) is 10.8. The van der Waals surface area contributed by atoms with Crippen LogP contribution in [-0.2, 0) is 0 Å². The molecule has 0 bridgehead atoms. The number of amidine groups is 1. The van der Waals surface area contributed by atoms with Crippen LogP contribution in [0.5, 0.6) is 0 Å². The van der Waals surface area contributed by atoms with Crippen molar-refractivity contribution < 1.29 is 4.39 Å². The summed E-state index contributed by atoms with van der Waals surface area (Å²) in [4.78, 5) is 6.57. The summed E-state index contributed by atoms with van der Waals surface area (Å²) in [5.74, 6) is 0.684. The fraction of sp³-hybridized carbons (Fsp3) is 0.550. The van der Waals surface area contributed by atoms with Gasteiger partial charge in [-0.2, -0.15) is 0 Å². The van der Waals surface area contributed by atoms with Crippen LogP contribution in [-0.4, -0.2) is 26.0 Å². The van der Waals surface area contributed by atoms with E-state index in [1.54, 1.807) is 6.07 Å². The molecule has 0 aliphatic carbocycles. The Hall–Kier alpha value is -1.84. The SMILES string of the molecule is CCCCN(CCCC)c1ccc(/C=C(C)\N=C(\C)NC)cc1F. The molecule has 0 heterocycles. The first kappa shape index (κ1) is 20.2. The van der Waals surface area contributed by atoms with Gasteiger partial charge in [-0.1, -0.05) is 32.8 Å². The number of hydrogen-bond acceptors (Lipinski definition) is 2. The van der Waals surface area contributed by atoms with Gasteiger partial charge in [0.05, 0.1) is 11.5 Å². The Morgan fingerprint density at radius 1 is 1.17 bits per heavy atom. The van der Waals surface area contributed by atoms with Gasteiger partial charge in [-0.3, -0.25) is 0 Å². The van der Waals surface area contributed by atoms with E-state index in [0.717, 1.165) is 55.9 Å². The molecule has 0 radical (unpaired) electrons. The average Bonchev–Trinajstić information content (AvgIpc) is 2.55. The molecular formula is C20H32FN3. The van der Waals surface area contributed by atoms with Crippen LogP contribution in [0.1, 0.15) is 58.9 Å². The summed E-state index contributed by atoms with van der Waals surface area (Å²) in [5, 5.41) is 2.98. The first-order chi connectivity index (χ1) is 11.5. The van der Waals surface area contributed by atoms with Crippen LogP contribution in [0.3, 0.4) is 0 Å². The van der Waals surface area contributed by atoms with E-state index in [2.05, 4.69) is 29.1 Å². The highest BCUT2D eigenvalue weighted by Crippen LogP contribution is 2.23. The Bertz CT molecular complexity index is 556. The molecule has 0 fully saturated rings. The van der Waals surface area contributed by atoms with E-state index in [1.165, 1.54) is 0 Å². The molecule has 0 aliphatic rings. The molecule has 1 N–H and O–H groups in total. The lowest BCUT2D eigenvalue weighted by Gasteiger charge is -2.25. The summed E-state index contributed by atoms with van der Waals surface area (Å²) < 4.78 is 14.6. The largest absolute Gasteiger partial charge is 0.377 e. The molecule has 0 unspecified atom stereocenters. The van der Waals surface area contributed by atoms with E-state index < -0.39 is 0 Å². The van der Waals surface area contributed by atoms with Crippen LogP contribution < -0.4 is 10.2 Å². The van der Waals surface area contributed by atoms with Crippen LogP contribution in [0.4, 0.5) is 10.1 Å². The topological polar surface area (TPSA) is 27.6 Å². The predicted molar refractivity (Wildman–Crippen MR) is 104 cm³/mol. The van der Waals surface area contributed by atoms with E-state index in [9.17, 15) is 4.39 Å². The third-order valence-electron chi connectivity index (χ3n) is 3.96. The van der Waals surface area contributed by atoms with Gasteiger partial charge in [0.2, 0.25) is 0 Å². The number of rotatable bonds is 9. The predicted octanol–water partition coefficient (Wildman–Crippen LogP) is 5.23. The molecule has 4 heteroatoms. The van der Waals surface area contributed by atoms with Gasteiger partial charge in [0.1, 0.15) is 5.82 Å². The van der Waals surface area contributed by atoms with Crippen molar-refractivity contribution in [1.82, 2.24) is 5.32 Å². The zero-order valence-corrected chi connectivity index (χ0v) is 15.8. The zero-order valence-electron chi connectivity index (χ0n) is 15.8. The van der Waals surface area contributed by atoms with Crippen LogP contribution in [0, 0.1) is 5.82 Å². The quantitative estimate of drug-likeness (QED) is 0.495. The monoisotopic (exact) mass is 333 g/mol. The Balaban J connectivity index is 2.97. The Kier molecular flexibility index (Phi) is 9.13. The van der Waals surface area contributed by atoms with Crippen LogP contribution in [0.25, 0.3) is 6.08 Å². The molecule has 1 rings (SSSR count). The van der Waals surface area contributed by atoms with Crippen molar-refractivity contribution in [3.8, 4) is 0 Å². The standard InChI is InChI=1S/C20H32FN3/c1-6-8-12-24(13-9-7-2)20-11-10-18(15-19(20)21)14-16(3)23-17(4)22-5/h10-11,14-15H,6-9,12-13H2,1-5H3,(H,22,23)/b16-14-. The van der Waals surface area contributed by atoms with Crippen LogP contribution in [0.2, 0.25) is 0 Å². The average molecular weight is 333 g/mol. The normalized spacial score (nSPS) is 12.4. The van der Waals surface area contributed by atoms with E-state index in [-0.39, 0.29) is 5.82 Å². The number of hydrogen-bond donors (Lipinski definition) is 1. The number of allylic oxidation sites excluding steroid dienone is 1. The third-order valence-corrected chi connectivity index (χ3v) is 3.96. The van der Waals surface area contributed by atoms with E-state index in [1.807, 2.05) is 39.1 Å². The molecule has 3 nitrogen and oxygen atoms in total. The maximum Gasteiger partial charge on any atom is 0.147 e. The minimum atomic E-state index is -0.155. The van der Waals surface area contributed by atoms with E-state index in [0.29, 0.717) is 5.69 Å². The van der Waals surface area contributed by atoms with Gasteiger partial charge in [-0.15, -0.1) is 0 Å². The van der Waals surface area contributed by atoms with Crippen molar-refractivity contribution in [2.75, 3.05) is 25.0 Å². The van der Waals surface area contributed by atoms with E-state index >= 15 is 0 Å². The maximum absolute atomic E-state index is 14.6. The van der Waals surface area contributed by atoms with Crippen molar-refractivity contribution >= 4 is 17.6 Å². The Morgan fingerprint density at radius 3 is 2.29 bits per heavy atom. The number of nitrogens with zero attached hydrogens (tertiary/aromatic N) is 2. The summed E-state index contributed by atoms with van der Waals surface area (Å²) in [7, 11) is 1.84. The van der Waals surface area contributed by atoms with Crippen LogP contribution >= 0.6 is 0 Å². The number of unbranched alkanes of at least 4 members (excludes halogenated alkanes) is 2. The molecule has 0 aromatic heterocycles. The van der Waals surface area contributed by atoms with Crippen molar-refractivity contribution in [1.29, 1.82) is 0 Å². The molecule has 0 saturated heterocycles. The number of aliphatic imine (C=N–C) groups is 1. The van der Waals surface area contributed by atoms with Crippen molar-refractivity contribution in [2.24, 2.45) is 4.99 Å². The fourth-order valence-corrected chi connectivity index (χ4v) is 2.51. The van der Waals surface area contributed by atoms with Gasteiger partial charge < -0.3 is 10.2 Å². The molecule has 1 aromatic rings. The number of benzene rings is 1. The highest BCUT2D eigenvalue weighted by atomic mass is 19.1. The first-order valence-corrected chi connectivity index (χ1v) is 8.97. The first-order valence-electron chi connectivity index (χ1n) is 8.97. The van der Waals surface area contributed by atoms with Gasteiger partial charge in [0.15, 0.2) is 0 Å². The second-order valence-corrected chi connectivity index (χ2v) is 6.14. The van der Waals surface area contributed by atoms with Crippen LogP contribution in [0.15, 0.2) is 28.9 Å². The fourth-order valence-electron chi connectivity index (χ4n) is 2.51. The highest BCUT2D eigenvalue weighted by molar-refractivity contribution is 5.80. The molecule has 0 spiro atoms. The second-order valence-electron chi connectivity index (χ2n) is 6.14. The van der Waals surface area contributed by atoms with Gasteiger partial charge in [0.25, 0.3) is 0 Å². The van der Waals surface area contributed by atoms with Gasteiger partial charge >= 0.3 is 0 Å². The van der Waals surface area contributed by atoms with Crippen molar-refractivity contribution in [3.05, 3.63) is 35.3 Å². The molecule has 0 aliphatic heterocycles. The van der Waals surface area contributed by atoms with Gasteiger partial charge in [-0.05, 0) is 50.5 Å². The van der Waals surface area contributed by atoms with Crippen molar-refractivity contribution in [2.45, 2.75) is 53.4 Å². The molecular weight excluding hydrogens is 301 g/mol. The third kappa shape index (κ3) is 6.73. The summed E-state index contributed by atoms with van der Waals surface area (Å²) in [6.45, 7) is 9.97. The summed E-state index contributed by atoms with van der Waals surface area (Å²) in [6.07, 6.45) is 6.31. The summed E-state index contributed by atoms with van der Waals surface area (Å²) in [5.41, 5.74) is 2.40. The lowest BCUT2D eigenvalue weighted by atomic mass is 10.1. The van der Waals surface area contributed by atoms with Crippen molar-refractivity contribution in [3.63, 3.8) is 0 Å². The lowest BCUT2D eigenvalue weighted by molar-refractivity contribution is 0.604. The Labute approximate surface area is 146 Å². The maximum atomic E-state index is 14.6. The number of halogens is 1. The smallest absolute Gasteiger partial charge is 0.147 e. The lowest BCUT2D eigenvalue weighted by Crippen LogP contribution is -2.26. The molecule has 24 heavy (non-hydrogen) atoms. The zero-order chi connectivity index (χ0) is 17.9. The minimum Gasteiger partial charge on any atom is -0.377 e. The molecule has 0 atom stereocenters. The summed E-state index contributed by atoms with van der Waals surface area (Å²) in [6, 6.07) is 5.47. The Morgan fingerprint density at radius 2 is 1.79 bits per heavy atom. The molecule has 1 aromatic carbocycles. The van der Waals surface area contributed by atoms with Gasteiger partial charge in [-0.25, -0.2) is 9.38 Å². The molecule has 134 valence electrons. The summed E-state index contributed by atoms with van der Waals surface area (Å²) >= 11 is 0.